The van der Waals surface area contributed by atoms with Crippen LogP contribution in [0.5, 0.6) is 5.75 Å². The number of esters is 1. The lowest BCUT2D eigenvalue weighted by molar-refractivity contribution is -0.377. The zero-order valence-electron chi connectivity index (χ0n) is 15.2. The Morgan fingerprint density at radius 2 is 1.76 bits per heavy atom. The molecule has 1 aliphatic heterocycles. The first-order valence-electron chi connectivity index (χ1n) is 8.50. The summed E-state index contributed by atoms with van der Waals surface area (Å²) in [5.74, 6) is -1.99. The van der Waals surface area contributed by atoms with E-state index >= 15 is 0 Å². The maximum Gasteiger partial charge on any atom is 0.442 e. The first-order chi connectivity index (χ1) is 13.3. The van der Waals surface area contributed by atoms with E-state index in [2.05, 4.69) is 4.74 Å². The molecule has 1 aromatic heterocycles. The largest absolute Gasteiger partial charge is 0.490 e. The van der Waals surface area contributed by atoms with Crippen LogP contribution in [0.2, 0.25) is 0 Å². The van der Waals surface area contributed by atoms with Crippen LogP contribution in [-0.2, 0) is 21.7 Å². The minimum Gasteiger partial charge on any atom is -0.490 e. The Labute approximate surface area is 159 Å². The fourth-order valence-corrected chi connectivity index (χ4v) is 3.33. The summed E-state index contributed by atoms with van der Waals surface area (Å²) in [5, 5.41) is -0.0396. The molecule has 11 heteroatoms. The number of aryl methyl sites for hydroxylation is 1. The predicted octanol–water partition coefficient (Wildman–Crippen LogP) is 3.98. The van der Waals surface area contributed by atoms with Gasteiger partial charge in [0.1, 0.15) is 12.4 Å². The molecule has 158 valence electrons. The average molecular weight is 423 g/mol. The second kappa shape index (κ2) is 6.67. The van der Waals surface area contributed by atoms with Crippen molar-refractivity contribution in [2.45, 2.75) is 44.8 Å². The van der Waals surface area contributed by atoms with Crippen LogP contribution in [0.1, 0.15) is 24.5 Å². The number of aromatic nitrogens is 1. The van der Waals surface area contributed by atoms with Crippen molar-refractivity contribution in [1.29, 1.82) is 0 Å². The molecule has 2 heterocycles. The van der Waals surface area contributed by atoms with Gasteiger partial charge in [0.25, 0.3) is 5.56 Å². The average Bonchev–Trinajstić information content (AvgIpc) is 2.61. The molecule has 0 saturated heterocycles. The minimum atomic E-state index is -6.01. The highest BCUT2D eigenvalue weighted by atomic mass is 19.4. The molecular formula is C18H15F6NO4. The van der Waals surface area contributed by atoms with Gasteiger partial charge in [-0.25, -0.2) is 0 Å². The van der Waals surface area contributed by atoms with Crippen molar-refractivity contribution in [3.63, 3.8) is 0 Å². The molecule has 0 unspecified atom stereocenters. The molecule has 0 radical (unpaired) electrons. The number of nitrogens with zero attached hydrogens (tertiary/aromatic N) is 1. The van der Waals surface area contributed by atoms with Crippen LogP contribution in [-0.4, -0.2) is 29.5 Å². The van der Waals surface area contributed by atoms with Crippen LogP contribution in [0.15, 0.2) is 23.0 Å². The number of benzene rings is 1. The molecule has 0 amide bonds. The Morgan fingerprint density at radius 1 is 1.14 bits per heavy atom. The highest BCUT2D eigenvalue weighted by molar-refractivity contribution is 5.89. The Kier molecular flexibility index (Phi) is 4.83. The fourth-order valence-electron chi connectivity index (χ4n) is 3.33. The third kappa shape index (κ3) is 3.12. The highest BCUT2D eigenvalue weighted by Crippen LogP contribution is 2.54. The Morgan fingerprint density at radius 3 is 2.31 bits per heavy atom. The van der Waals surface area contributed by atoms with E-state index in [0.29, 0.717) is 12.1 Å². The molecule has 0 N–H and O–H groups in total. The third-order valence-electron chi connectivity index (χ3n) is 4.71. The van der Waals surface area contributed by atoms with Gasteiger partial charge in [0.15, 0.2) is 0 Å². The topological polar surface area (TPSA) is 57.5 Å². The summed E-state index contributed by atoms with van der Waals surface area (Å²) in [4.78, 5) is 23.7. The summed E-state index contributed by atoms with van der Waals surface area (Å²) in [6.45, 7) is 2.44. The number of alkyl halides is 6. The first-order valence-corrected chi connectivity index (χ1v) is 8.50. The zero-order valence-corrected chi connectivity index (χ0v) is 15.2. The molecule has 1 aliphatic rings. The van der Waals surface area contributed by atoms with Crippen LogP contribution < -0.4 is 10.3 Å². The molecule has 0 aliphatic carbocycles. The number of ether oxygens (including phenoxy) is 2. The smallest absolute Gasteiger partial charge is 0.442 e. The van der Waals surface area contributed by atoms with E-state index in [9.17, 15) is 35.9 Å². The SMILES string of the molecule is CCC(=O)OC(c1cc2c3c(c1)c(C)cc(=O)n3CCO2)(C(F)(F)F)C(F)(F)F. The summed E-state index contributed by atoms with van der Waals surface area (Å²) >= 11 is 0. The van der Waals surface area contributed by atoms with Crippen molar-refractivity contribution in [1.82, 2.24) is 4.57 Å². The Bertz CT molecular complexity index is 1020. The van der Waals surface area contributed by atoms with E-state index in [1.54, 1.807) is 0 Å². The number of carbonyl (C=O) groups excluding carboxylic acids is 1. The van der Waals surface area contributed by atoms with E-state index in [1.807, 2.05) is 0 Å². The van der Waals surface area contributed by atoms with E-state index in [4.69, 9.17) is 4.74 Å². The number of pyridine rings is 1. The molecule has 3 rings (SSSR count). The van der Waals surface area contributed by atoms with Gasteiger partial charge >= 0.3 is 23.9 Å². The van der Waals surface area contributed by atoms with Crippen LogP contribution in [0.4, 0.5) is 26.3 Å². The van der Waals surface area contributed by atoms with Gasteiger partial charge in [-0.1, -0.05) is 6.92 Å². The van der Waals surface area contributed by atoms with Crippen molar-refractivity contribution in [2.24, 2.45) is 0 Å². The molecule has 0 atom stereocenters. The molecule has 0 saturated carbocycles. The van der Waals surface area contributed by atoms with Crippen LogP contribution >= 0.6 is 0 Å². The normalized spacial score (nSPS) is 14.6. The van der Waals surface area contributed by atoms with E-state index < -0.39 is 41.5 Å². The lowest BCUT2D eigenvalue weighted by Gasteiger charge is -2.37. The van der Waals surface area contributed by atoms with Gasteiger partial charge in [0.2, 0.25) is 0 Å². The number of rotatable bonds is 3. The van der Waals surface area contributed by atoms with Crippen LogP contribution in [0, 0.1) is 6.92 Å². The van der Waals surface area contributed by atoms with Crippen molar-refractivity contribution in [2.75, 3.05) is 6.61 Å². The van der Waals surface area contributed by atoms with Crippen molar-refractivity contribution >= 4 is 16.9 Å². The maximum atomic E-state index is 13.9. The van der Waals surface area contributed by atoms with Gasteiger partial charge in [-0.05, 0) is 24.6 Å². The van der Waals surface area contributed by atoms with Crippen molar-refractivity contribution in [3.8, 4) is 5.75 Å². The lowest BCUT2D eigenvalue weighted by Crippen LogP contribution is -2.56. The first kappa shape index (κ1) is 21.0. The van der Waals surface area contributed by atoms with Crippen molar-refractivity contribution < 1.29 is 40.6 Å². The number of halogens is 6. The molecule has 5 nitrogen and oxygen atoms in total. The zero-order chi connectivity index (χ0) is 21.8. The minimum absolute atomic E-state index is 0.0396. The number of hydrogen-bond donors (Lipinski definition) is 0. The summed E-state index contributed by atoms with van der Waals surface area (Å²) < 4.78 is 93.7. The number of hydrogen-bond acceptors (Lipinski definition) is 4. The molecule has 0 fully saturated rings. The molecular weight excluding hydrogens is 408 g/mol. The summed E-state index contributed by atoms with van der Waals surface area (Å²) in [7, 11) is 0. The standard InChI is InChI=1S/C18H15F6NO4/c1-3-14(27)29-16(17(19,20)21,18(22,23)24)10-7-11-9(2)6-13(26)25-4-5-28-12(8-10)15(11)25/h6-8H,3-5H2,1-2H3. The van der Waals surface area contributed by atoms with E-state index in [-0.39, 0.29) is 35.4 Å². The van der Waals surface area contributed by atoms with Gasteiger partial charge in [0, 0.05) is 23.4 Å². The monoisotopic (exact) mass is 423 g/mol. The quantitative estimate of drug-likeness (QED) is 0.554. The second-order valence-electron chi connectivity index (χ2n) is 6.54. The molecule has 2 aromatic rings. The van der Waals surface area contributed by atoms with Gasteiger partial charge in [-0.3, -0.25) is 9.59 Å². The Balaban J connectivity index is 2.44. The van der Waals surface area contributed by atoms with Gasteiger partial charge in [-0.2, -0.15) is 26.3 Å². The highest BCUT2D eigenvalue weighted by Gasteiger charge is 2.75. The lowest BCUT2D eigenvalue weighted by atomic mass is 9.89. The number of carbonyl (C=O) groups is 1. The van der Waals surface area contributed by atoms with E-state index in [1.165, 1.54) is 11.5 Å². The summed E-state index contributed by atoms with van der Waals surface area (Å²) in [6, 6.07) is 2.28. The predicted molar refractivity (Wildman–Crippen MR) is 88.6 cm³/mol. The van der Waals surface area contributed by atoms with Gasteiger partial charge in [-0.15, -0.1) is 0 Å². The fraction of sp³-hybridized carbons (Fsp3) is 0.444. The Hall–Kier alpha value is -2.72. The molecule has 0 bridgehead atoms. The van der Waals surface area contributed by atoms with Gasteiger partial charge in [0.05, 0.1) is 12.1 Å². The third-order valence-corrected chi connectivity index (χ3v) is 4.71. The summed E-state index contributed by atoms with van der Waals surface area (Å²) in [5.41, 5.74) is -6.44. The molecule has 0 spiro atoms. The van der Waals surface area contributed by atoms with Crippen LogP contribution in [0.3, 0.4) is 0 Å². The molecule has 1 aromatic carbocycles. The maximum absolute atomic E-state index is 13.9. The van der Waals surface area contributed by atoms with Crippen LogP contribution in [0.25, 0.3) is 10.9 Å². The van der Waals surface area contributed by atoms with Gasteiger partial charge < -0.3 is 14.0 Å². The summed E-state index contributed by atoms with van der Waals surface area (Å²) in [6.07, 6.45) is -12.7. The second-order valence-corrected chi connectivity index (χ2v) is 6.54. The molecule has 29 heavy (non-hydrogen) atoms. The van der Waals surface area contributed by atoms with E-state index in [0.717, 1.165) is 13.0 Å². The van der Waals surface area contributed by atoms with Crippen molar-refractivity contribution in [3.05, 3.63) is 39.7 Å².